The molecule has 0 heterocycles. The Balaban J connectivity index is 2.07. The van der Waals surface area contributed by atoms with Crippen LogP contribution in [0.3, 0.4) is 0 Å². The summed E-state index contributed by atoms with van der Waals surface area (Å²) in [5.74, 6) is 0.399. The van der Waals surface area contributed by atoms with E-state index in [1.54, 1.807) is 30.3 Å². The molecule has 0 fully saturated rings. The van der Waals surface area contributed by atoms with Gasteiger partial charge in [0, 0.05) is 15.1 Å². The van der Waals surface area contributed by atoms with E-state index in [-0.39, 0.29) is 0 Å². The van der Waals surface area contributed by atoms with Crippen LogP contribution < -0.4 is 4.89 Å². The SMILES string of the molecule is OOOOOOOc1ccccc1. The van der Waals surface area contributed by atoms with Crippen molar-refractivity contribution < 1.29 is 35.3 Å². The molecule has 1 N–H and O–H groups in total. The van der Waals surface area contributed by atoms with Gasteiger partial charge in [-0.15, -0.1) is 0 Å². The van der Waals surface area contributed by atoms with Crippen molar-refractivity contribution in [2.24, 2.45) is 0 Å². The van der Waals surface area contributed by atoms with Crippen LogP contribution in [0.2, 0.25) is 0 Å². The third-order valence-corrected chi connectivity index (χ3v) is 0.987. The van der Waals surface area contributed by atoms with Crippen molar-refractivity contribution in [1.29, 1.82) is 0 Å². The van der Waals surface area contributed by atoms with Crippen molar-refractivity contribution in [3.05, 3.63) is 30.3 Å². The Morgan fingerprint density at radius 2 is 1.54 bits per heavy atom. The summed E-state index contributed by atoms with van der Waals surface area (Å²) in [4.78, 5) is 4.49. The minimum absolute atomic E-state index is 0.399. The molecule has 0 bridgehead atoms. The highest BCUT2D eigenvalue weighted by atomic mass is 17.9. The molecule has 0 saturated heterocycles. The summed E-state index contributed by atoms with van der Waals surface area (Å²) in [6, 6.07) is 8.49. The number of benzene rings is 1. The average molecular weight is 190 g/mol. The summed E-state index contributed by atoms with van der Waals surface area (Å²) in [7, 11) is 0. The first-order valence-electron chi connectivity index (χ1n) is 3.13. The van der Waals surface area contributed by atoms with E-state index in [0.717, 1.165) is 0 Å². The summed E-state index contributed by atoms with van der Waals surface area (Å²) in [6.07, 6.45) is 0. The largest absolute Gasteiger partial charge is 0.306 e. The summed E-state index contributed by atoms with van der Waals surface area (Å²) >= 11 is 0. The van der Waals surface area contributed by atoms with Crippen molar-refractivity contribution in [1.82, 2.24) is 0 Å². The lowest BCUT2D eigenvalue weighted by Gasteiger charge is -1.99. The maximum absolute atomic E-state index is 7.56. The van der Waals surface area contributed by atoms with Gasteiger partial charge in [0.05, 0.1) is 0 Å². The van der Waals surface area contributed by atoms with Gasteiger partial charge in [0.1, 0.15) is 0 Å². The minimum Gasteiger partial charge on any atom is -0.306 e. The Morgan fingerprint density at radius 1 is 0.846 bits per heavy atom. The Bertz CT molecular complexity index is 213. The summed E-state index contributed by atoms with van der Waals surface area (Å²) in [5.41, 5.74) is 0. The van der Waals surface area contributed by atoms with E-state index >= 15 is 0 Å². The quantitative estimate of drug-likeness (QED) is 0.410. The molecule has 0 aliphatic carbocycles. The molecule has 0 atom stereocenters. The van der Waals surface area contributed by atoms with E-state index in [0.29, 0.717) is 5.75 Å². The molecular formula is C6H6O7. The summed E-state index contributed by atoms with van der Waals surface area (Å²) in [5, 5.41) is 25.3. The fourth-order valence-electron chi connectivity index (χ4n) is 0.564. The molecule has 7 heteroatoms. The Hall–Kier alpha value is -1.22. The highest BCUT2D eigenvalue weighted by Crippen LogP contribution is 2.08. The third-order valence-electron chi connectivity index (χ3n) is 0.987. The van der Waals surface area contributed by atoms with Gasteiger partial charge in [0.25, 0.3) is 0 Å². The third kappa shape index (κ3) is 4.38. The number of rotatable bonds is 6. The molecule has 0 unspecified atom stereocenters. The second-order valence-electron chi connectivity index (χ2n) is 1.74. The molecule has 0 aromatic heterocycles. The van der Waals surface area contributed by atoms with Crippen LogP contribution in [0, 0.1) is 0 Å². The lowest BCUT2D eigenvalue weighted by atomic mass is 10.3. The molecule has 1 rings (SSSR count). The summed E-state index contributed by atoms with van der Waals surface area (Å²) < 4.78 is 0. The van der Waals surface area contributed by atoms with Crippen molar-refractivity contribution in [2.45, 2.75) is 0 Å². The van der Waals surface area contributed by atoms with E-state index in [2.05, 4.69) is 30.1 Å². The van der Waals surface area contributed by atoms with Gasteiger partial charge in [-0.1, -0.05) is 18.2 Å². The maximum Gasteiger partial charge on any atom is 0.168 e. The van der Waals surface area contributed by atoms with E-state index in [4.69, 9.17) is 5.26 Å². The topological polar surface area (TPSA) is 75.6 Å². The molecule has 1 aromatic rings. The lowest BCUT2D eigenvalue weighted by Crippen LogP contribution is -2.01. The molecule has 0 radical (unpaired) electrons. The first kappa shape index (κ1) is 9.86. The molecule has 72 valence electrons. The molecule has 7 nitrogen and oxygen atoms in total. The zero-order chi connectivity index (χ0) is 9.36. The van der Waals surface area contributed by atoms with Crippen LogP contribution in [0.1, 0.15) is 0 Å². The van der Waals surface area contributed by atoms with E-state index in [1.165, 1.54) is 0 Å². The van der Waals surface area contributed by atoms with Gasteiger partial charge >= 0.3 is 0 Å². The van der Waals surface area contributed by atoms with Gasteiger partial charge in [0.2, 0.25) is 0 Å². The predicted octanol–water partition coefficient (Wildman–Crippen LogP) is 1.20. The summed E-state index contributed by atoms with van der Waals surface area (Å²) in [6.45, 7) is 0. The molecular weight excluding hydrogens is 184 g/mol. The smallest absolute Gasteiger partial charge is 0.168 e. The van der Waals surface area contributed by atoms with E-state index < -0.39 is 0 Å². The van der Waals surface area contributed by atoms with Crippen molar-refractivity contribution in [3.63, 3.8) is 0 Å². The molecule has 0 aliphatic heterocycles. The first-order valence-corrected chi connectivity index (χ1v) is 3.13. The zero-order valence-corrected chi connectivity index (χ0v) is 6.28. The number of hydrogen-bond donors (Lipinski definition) is 1. The monoisotopic (exact) mass is 190 g/mol. The number of hydrogen-bond acceptors (Lipinski definition) is 7. The average Bonchev–Trinajstić information content (AvgIpc) is 2.19. The van der Waals surface area contributed by atoms with E-state index in [9.17, 15) is 0 Å². The highest BCUT2D eigenvalue weighted by Gasteiger charge is 1.94. The highest BCUT2D eigenvalue weighted by molar-refractivity contribution is 5.19. The Morgan fingerprint density at radius 3 is 2.23 bits per heavy atom. The standard InChI is InChI=1S/C6H6O7/c7-9-11-13-12-10-8-6-4-2-1-3-5-6/h1-5,7H. The van der Waals surface area contributed by atoms with Gasteiger partial charge in [0.15, 0.2) is 5.75 Å². The fraction of sp³-hybridized carbons (Fsp3) is 0. The minimum atomic E-state index is 0.399. The van der Waals surface area contributed by atoms with Crippen molar-refractivity contribution in [3.8, 4) is 5.75 Å². The zero-order valence-electron chi connectivity index (χ0n) is 6.28. The first-order chi connectivity index (χ1) is 6.43. The van der Waals surface area contributed by atoms with Gasteiger partial charge in [-0.3, -0.25) is 0 Å². The van der Waals surface area contributed by atoms with Gasteiger partial charge in [-0.2, -0.15) is 0 Å². The maximum atomic E-state index is 7.56. The molecule has 13 heavy (non-hydrogen) atoms. The molecule has 0 spiro atoms. The molecule has 0 saturated carbocycles. The van der Waals surface area contributed by atoms with Crippen LogP contribution in [0.25, 0.3) is 0 Å². The van der Waals surface area contributed by atoms with Gasteiger partial charge in [-0.05, 0) is 22.2 Å². The Labute approximate surface area is 72.5 Å². The van der Waals surface area contributed by atoms with Crippen LogP contribution in [0.15, 0.2) is 30.3 Å². The lowest BCUT2D eigenvalue weighted by molar-refractivity contribution is -0.779. The second-order valence-corrected chi connectivity index (χ2v) is 1.74. The van der Waals surface area contributed by atoms with Crippen molar-refractivity contribution >= 4 is 0 Å². The second kappa shape index (κ2) is 6.31. The number of para-hydroxylation sites is 1. The van der Waals surface area contributed by atoms with E-state index in [1.807, 2.05) is 0 Å². The van der Waals surface area contributed by atoms with Crippen molar-refractivity contribution in [2.75, 3.05) is 0 Å². The normalized spacial score (nSPS) is 9.92. The molecule has 0 aliphatic rings. The molecule has 0 amide bonds. The van der Waals surface area contributed by atoms with Gasteiger partial charge in [-0.25, -0.2) is 5.26 Å². The van der Waals surface area contributed by atoms with Crippen LogP contribution in [0.5, 0.6) is 5.75 Å². The van der Waals surface area contributed by atoms with Crippen LogP contribution >= 0.6 is 0 Å². The Kier molecular flexibility index (Phi) is 4.79. The van der Waals surface area contributed by atoms with Gasteiger partial charge < -0.3 is 4.89 Å². The molecule has 1 aromatic carbocycles. The van der Waals surface area contributed by atoms with Crippen LogP contribution in [-0.4, -0.2) is 5.26 Å². The predicted molar refractivity (Wildman–Crippen MR) is 35.1 cm³/mol. The fourth-order valence-corrected chi connectivity index (χ4v) is 0.564. The van der Waals surface area contributed by atoms with Crippen LogP contribution in [-0.2, 0) is 25.2 Å². The van der Waals surface area contributed by atoms with Crippen LogP contribution in [0.4, 0.5) is 0 Å².